The molecule has 3 aromatic rings. The molecule has 0 amide bonds. The molecule has 22 heavy (non-hydrogen) atoms. The van der Waals surface area contributed by atoms with Crippen LogP contribution >= 0.6 is 0 Å². The highest BCUT2D eigenvalue weighted by Crippen LogP contribution is 2.27. The van der Waals surface area contributed by atoms with E-state index in [2.05, 4.69) is 0 Å². The lowest BCUT2D eigenvalue weighted by molar-refractivity contribution is 0.0469. The molecule has 1 N–H and O–H groups in total. The van der Waals surface area contributed by atoms with Gasteiger partial charge < -0.3 is 14.3 Å². The number of carbonyl (C=O) groups excluding carboxylic acids is 1. The van der Waals surface area contributed by atoms with Crippen LogP contribution in [0.5, 0.6) is 5.75 Å². The maximum absolute atomic E-state index is 12.0. The van der Waals surface area contributed by atoms with Crippen LogP contribution in [-0.2, 0) is 11.3 Å². The Kier molecular flexibility index (Phi) is 3.92. The number of ether oxygens (including phenoxy) is 1. The summed E-state index contributed by atoms with van der Waals surface area (Å²) in [5.41, 5.74) is 1.72. The van der Waals surface area contributed by atoms with E-state index in [-0.39, 0.29) is 17.9 Å². The Morgan fingerprint density at radius 2 is 1.86 bits per heavy atom. The molecule has 0 spiro atoms. The minimum Gasteiger partial charge on any atom is -0.507 e. The Morgan fingerprint density at radius 3 is 2.55 bits per heavy atom. The number of hydrogen-bond acceptors (Lipinski definition) is 4. The molecule has 0 saturated heterocycles. The Balaban J connectivity index is 1.73. The lowest BCUT2D eigenvalue weighted by Crippen LogP contribution is -2.05. The van der Waals surface area contributed by atoms with E-state index in [9.17, 15) is 9.90 Å². The average Bonchev–Trinajstić information content (AvgIpc) is 3.08. The molecule has 0 aliphatic heterocycles. The zero-order valence-electron chi connectivity index (χ0n) is 11.7. The van der Waals surface area contributed by atoms with E-state index >= 15 is 0 Å². The predicted octanol–water partition coefficient (Wildman–Crippen LogP) is 4.01. The monoisotopic (exact) mass is 294 g/mol. The second-order valence-electron chi connectivity index (χ2n) is 4.77. The number of phenols is 1. The minimum absolute atomic E-state index is 0.131. The van der Waals surface area contributed by atoms with Gasteiger partial charge in [-0.2, -0.15) is 0 Å². The summed E-state index contributed by atoms with van der Waals surface area (Å²) in [6, 6.07) is 17.6. The van der Waals surface area contributed by atoms with Crippen LogP contribution in [0.25, 0.3) is 11.3 Å². The van der Waals surface area contributed by atoms with Crippen molar-refractivity contribution in [2.45, 2.75) is 6.61 Å². The first-order valence-corrected chi connectivity index (χ1v) is 6.82. The van der Waals surface area contributed by atoms with Crippen molar-refractivity contribution in [3.05, 3.63) is 78.1 Å². The number of furan rings is 1. The molecule has 1 aromatic heterocycles. The zero-order chi connectivity index (χ0) is 15.4. The van der Waals surface area contributed by atoms with Gasteiger partial charge in [0.15, 0.2) is 0 Å². The van der Waals surface area contributed by atoms with Crippen LogP contribution in [0.2, 0.25) is 0 Å². The number of carbonyl (C=O) groups is 1. The van der Waals surface area contributed by atoms with Crippen molar-refractivity contribution in [1.29, 1.82) is 0 Å². The largest absolute Gasteiger partial charge is 0.507 e. The molecular weight excluding hydrogens is 280 g/mol. The average molecular weight is 294 g/mol. The van der Waals surface area contributed by atoms with Crippen molar-refractivity contribution in [3.63, 3.8) is 0 Å². The van der Waals surface area contributed by atoms with Gasteiger partial charge in [-0.25, -0.2) is 4.79 Å². The Morgan fingerprint density at radius 1 is 1.05 bits per heavy atom. The number of esters is 1. The SMILES string of the molecule is O=C(OCc1ccccc1)c1ccc(-c2ccco2)cc1O. The lowest BCUT2D eigenvalue weighted by atomic mass is 10.1. The molecule has 4 nitrogen and oxygen atoms in total. The second kappa shape index (κ2) is 6.18. The molecule has 0 atom stereocenters. The van der Waals surface area contributed by atoms with Gasteiger partial charge in [0.2, 0.25) is 0 Å². The fourth-order valence-corrected chi connectivity index (χ4v) is 2.10. The van der Waals surface area contributed by atoms with Gasteiger partial charge in [-0.3, -0.25) is 0 Å². The molecule has 0 saturated carbocycles. The van der Waals surface area contributed by atoms with Crippen molar-refractivity contribution in [2.24, 2.45) is 0 Å². The third kappa shape index (κ3) is 3.01. The van der Waals surface area contributed by atoms with Gasteiger partial charge in [-0.05, 0) is 29.8 Å². The molecule has 0 fully saturated rings. The number of aromatic hydroxyl groups is 1. The standard InChI is InChI=1S/C18H14O4/c19-16-11-14(17-7-4-10-21-17)8-9-15(16)18(20)22-12-13-5-2-1-3-6-13/h1-11,19H,12H2. The van der Waals surface area contributed by atoms with E-state index in [4.69, 9.17) is 9.15 Å². The topological polar surface area (TPSA) is 59.7 Å². The van der Waals surface area contributed by atoms with Crippen molar-refractivity contribution in [2.75, 3.05) is 0 Å². The zero-order valence-corrected chi connectivity index (χ0v) is 11.7. The van der Waals surface area contributed by atoms with Gasteiger partial charge in [0, 0.05) is 5.56 Å². The van der Waals surface area contributed by atoms with Crippen LogP contribution in [0.1, 0.15) is 15.9 Å². The van der Waals surface area contributed by atoms with Gasteiger partial charge in [0.05, 0.1) is 6.26 Å². The third-order valence-corrected chi connectivity index (χ3v) is 3.24. The Labute approximate surface area is 127 Å². The van der Waals surface area contributed by atoms with Crippen LogP contribution in [0.15, 0.2) is 71.3 Å². The van der Waals surface area contributed by atoms with Gasteiger partial charge in [-0.1, -0.05) is 36.4 Å². The lowest BCUT2D eigenvalue weighted by Gasteiger charge is -2.07. The summed E-state index contributed by atoms with van der Waals surface area (Å²) in [7, 11) is 0. The van der Waals surface area contributed by atoms with E-state index < -0.39 is 5.97 Å². The van der Waals surface area contributed by atoms with E-state index in [1.54, 1.807) is 24.5 Å². The second-order valence-corrected chi connectivity index (χ2v) is 4.77. The first-order valence-electron chi connectivity index (χ1n) is 6.82. The van der Waals surface area contributed by atoms with E-state index in [1.807, 2.05) is 30.3 Å². The van der Waals surface area contributed by atoms with Crippen molar-refractivity contribution < 1.29 is 19.1 Å². The predicted molar refractivity (Wildman–Crippen MR) is 81.4 cm³/mol. The van der Waals surface area contributed by atoms with Crippen LogP contribution in [-0.4, -0.2) is 11.1 Å². The van der Waals surface area contributed by atoms with Gasteiger partial charge in [0.25, 0.3) is 0 Å². The molecular formula is C18H14O4. The molecule has 110 valence electrons. The number of hydrogen-bond donors (Lipinski definition) is 1. The Hall–Kier alpha value is -3.01. The maximum Gasteiger partial charge on any atom is 0.342 e. The molecule has 3 rings (SSSR count). The van der Waals surface area contributed by atoms with Gasteiger partial charge >= 0.3 is 5.97 Å². The van der Waals surface area contributed by atoms with E-state index in [0.717, 1.165) is 5.56 Å². The first kappa shape index (κ1) is 13.9. The molecule has 0 radical (unpaired) electrons. The minimum atomic E-state index is -0.563. The summed E-state index contributed by atoms with van der Waals surface area (Å²) in [4.78, 5) is 12.0. The van der Waals surface area contributed by atoms with Gasteiger partial charge in [0.1, 0.15) is 23.7 Å². The fourth-order valence-electron chi connectivity index (χ4n) is 2.10. The first-order chi connectivity index (χ1) is 10.7. The number of phenolic OH excluding ortho intramolecular Hbond substituents is 1. The highest BCUT2D eigenvalue weighted by molar-refractivity contribution is 5.93. The number of benzene rings is 2. The van der Waals surface area contributed by atoms with E-state index in [1.165, 1.54) is 12.1 Å². The summed E-state index contributed by atoms with van der Waals surface area (Å²) >= 11 is 0. The fraction of sp³-hybridized carbons (Fsp3) is 0.0556. The molecule has 4 heteroatoms. The molecule has 0 aliphatic rings. The van der Waals surface area contributed by atoms with Crippen molar-refractivity contribution in [1.82, 2.24) is 0 Å². The summed E-state index contributed by atoms with van der Waals surface area (Å²) in [5, 5.41) is 10.0. The summed E-state index contributed by atoms with van der Waals surface area (Å²) < 4.78 is 10.5. The highest BCUT2D eigenvalue weighted by atomic mass is 16.5. The van der Waals surface area contributed by atoms with Crippen LogP contribution in [0, 0.1) is 0 Å². The normalized spacial score (nSPS) is 10.4. The van der Waals surface area contributed by atoms with Crippen molar-refractivity contribution in [3.8, 4) is 17.1 Å². The van der Waals surface area contributed by atoms with Crippen LogP contribution in [0.4, 0.5) is 0 Å². The quantitative estimate of drug-likeness (QED) is 0.739. The van der Waals surface area contributed by atoms with Crippen LogP contribution in [0.3, 0.4) is 0 Å². The summed E-state index contributed by atoms with van der Waals surface area (Å²) in [5.74, 6) is -0.0705. The van der Waals surface area contributed by atoms with E-state index in [0.29, 0.717) is 11.3 Å². The summed E-state index contributed by atoms with van der Waals surface area (Å²) in [6.45, 7) is 0.166. The number of rotatable bonds is 4. The molecule has 2 aromatic carbocycles. The molecule has 0 aliphatic carbocycles. The molecule has 1 heterocycles. The van der Waals surface area contributed by atoms with Crippen molar-refractivity contribution >= 4 is 5.97 Å². The maximum atomic E-state index is 12.0. The third-order valence-electron chi connectivity index (χ3n) is 3.24. The smallest absolute Gasteiger partial charge is 0.342 e. The molecule has 0 unspecified atom stereocenters. The highest BCUT2D eigenvalue weighted by Gasteiger charge is 2.14. The Bertz CT molecular complexity index is 761. The molecule has 0 bridgehead atoms. The van der Waals surface area contributed by atoms with Gasteiger partial charge in [-0.15, -0.1) is 0 Å². The van der Waals surface area contributed by atoms with Crippen LogP contribution < -0.4 is 0 Å². The summed E-state index contributed by atoms with van der Waals surface area (Å²) in [6.07, 6.45) is 1.55.